The van der Waals surface area contributed by atoms with Gasteiger partial charge in [0.15, 0.2) is 11.6 Å². The van der Waals surface area contributed by atoms with Crippen LogP contribution in [-0.2, 0) is 0 Å². The van der Waals surface area contributed by atoms with Crippen molar-refractivity contribution >= 4 is 5.82 Å². The van der Waals surface area contributed by atoms with Gasteiger partial charge in [-0.05, 0) is 31.4 Å². The molecule has 5 heterocycles. The zero-order chi connectivity index (χ0) is 23.2. The zero-order valence-electron chi connectivity index (χ0n) is 18.6. The lowest BCUT2D eigenvalue weighted by Gasteiger charge is -2.38. The van der Waals surface area contributed by atoms with Crippen LogP contribution in [0, 0.1) is 0 Å². The average molecular weight is 465 g/mol. The first-order chi connectivity index (χ1) is 16.6. The number of halogens is 1. The SMILES string of the molecule is CN(c1cnc(-c2ccc(-c3cnc4c(n3)OCCO4)cc2O)nn1)[C@H]1C[C@@H]2CC[C@@H](N2)[C@H]1F. The van der Waals surface area contributed by atoms with Crippen molar-refractivity contribution in [2.45, 2.75) is 43.6 Å². The van der Waals surface area contributed by atoms with E-state index in [-0.39, 0.29) is 23.7 Å². The molecule has 2 fully saturated rings. The summed E-state index contributed by atoms with van der Waals surface area (Å²) in [4.78, 5) is 14.9. The highest BCUT2D eigenvalue weighted by atomic mass is 19.1. The Morgan fingerprint density at radius 3 is 2.74 bits per heavy atom. The number of phenols is 1. The first-order valence-corrected chi connectivity index (χ1v) is 11.4. The third-order valence-electron chi connectivity index (χ3n) is 6.77. The summed E-state index contributed by atoms with van der Waals surface area (Å²) in [6.07, 6.45) is 4.76. The number of rotatable bonds is 4. The maximum atomic E-state index is 14.9. The lowest BCUT2D eigenvalue weighted by molar-refractivity contribution is 0.157. The number of anilines is 1. The van der Waals surface area contributed by atoms with Crippen LogP contribution in [-0.4, -0.2) is 74.8 Å². The number of aromatic hydroxyl groups is 1. The molecule has 6 rings (SSSR count). The van der Waals surface area contributed by atoms with Gasteiger partial charge in [0.1, 0.15) is 25.1 Å². The summed E-state index contributed by atoms with van der Waals surface area (Å²) in [5.74, 6) is 1.45. The predicted molar refractivity (Wildman–Crippen MR) is 121 cm³/mol. The van der Waals surface area contributed by atoms with Gasteiger partial charge < -0.3 is 24.8 Å². The fraction of sp³-hybridized carbons (Fsp3) is 0.435. The lowest BCUT2D eigenvalue weighted by Crippen LogP contribution is -2.55. The Balaban J connectivity index is 1.21. The van der Waals surface area contributed by atoms with Crippen LogP contribution in [0.25, 0.3) is 22.6 Å². The highest BCUT2D eigenvalue weighted by molar-refractivity contribution is 5.71. The van der Waals surface area contributed by atoms with Crippen molar-refractivity contribution in [2.24, 2.45) is 0 Å². The minimum atomic E-state index is -0.967. The van der Waals surface area contributed by atoms with Crippen LogP contribution < -0.4 is 19.7 Å². The monoisotopic (exact) mass is 465 g/mol. The molecule has 3 aliphatic heterocycles. The summed E-state index contributed by atoms with van der Waals surface area (Å²) in [6.45, 7) is 0.849. The highest BCUT2D eigenvalue weighted by Crippen LogP contribution is 2.35. The largest absolute Gasteiger partial charge is 0.507 e. The molecule has 2 bridgehead atoms. The smallest absolute Gasteiger partial charge is 0.278 e. The van der Waals surface area contributed by atoms with Crippen LogP contribution in [0.4, 0.5) is 10.2 Å². The molecular weight excluding hydrogens is 441 g/mol. The number of aromatic nitrogens is 5. The number of ether oxygens (including phenoxy) is 2. The van der Waals surface area contributed by atoms with E-state index in [1.54, 1.807) is 30.6 Å². The van der Waals surface area contributed by atoms with Gasteiger partial charge >= 0.3 is 0 Å². The van der Waals surface area contributed by atoms with Gasteiger partial charge in [-0.2, -0.15) is 0 Å². The number of nitrogens with zero attached hydrogens (tertiary/aromatic N) is 6. The Labute approximate surface area is 195 Å². The van der Waals surface area contributed by atoms with Crippen LogP contribution in [0.5, 0.6) is 17.5 Å². The number of hydrogen-bond donors (Lipinski definition) is 2. The fourth-order valence-corrected chi connectivity index (χ4v) is 4.92. The van der Waals surface area contributed by atoms with Crippen molar-refractivity contribution in [2.75, 3.05) is 25.2 Å². The lowest BCUT2D eigenvalue weighted by atomic mass is 9.96. The summed E-state index contributed by atoms with van der Waals surface area (Å²) in [5.41, 5.74) is 1.63. The predicted octanol–water partition coefficient (Wildman–Crippen LogP) is 2.14. The molecule has 0 unspecified atom stereocenters. The summed E-state index contributed by atoms with van der Waals surface area (Å²) < 4.78 is 25.8. The molecule has 0 aliphatic carbocycles. The van der Waals surface area contributed by atoms with E-state index in [9.17, 15) is 9.50 Å². The van der Waals surface area contributed by atoms with Gasteiger partial charge in [-0.25, -0.2) is 19.3 Å². The minimum Gasteiger partial charge on any atom is -0.507 e. The summed E-state index contributed by atoms with van der Waals surface area (Å²) in [5, 5.41) is 22.5. The molecule has 4 atom stereocenters. The zero-order valence-corrected chi connectivity index (χ0v) is 18.6. The number of phenolic OH excluding ortho intramolecular Hbond substituents is 1. The molecule has 0 radical (unpaired) electrons. The summed E-state index contributed by atoms with van der Waals surface area (Å²) in [7, 11) is 1.83. The molecule has 0 saturated carbocycles. The van der Waals surface area contributed by atoms with Gasteiger partial charge in [0.05, 0.1) is 29.7 Å². The Morgan fingerprint density at radius 1 is 1.09 bits per heavy atom. The molecule has 2 saturated heterocycles. The van der Waals surface area contributed by atoms with Gasteiger partial charge in [0, 0.05) is 24.7 Å². The molecule has 0 amide bonds. The second-order valence-corrected chi connectivity index (χ2v) is 8.84. The molecule has 3 aromatic rings. The van der Waals surface area contributed by atoms with Crippen LogP contribution in [0.3, 0.4) is 0 Å². The van der Waals surface area contributed by atoms with Crippen molar-refractivity contribution in [3.63, 3.8) is 0 Å². The second-order valence-electron chi connectivity index (χ2n) is 8.84. The van der Waals surface area contributed by atoms with Crippen LogP contribution >= 0.6 is 0 Å². The quantitative estimate of drug-likeness (QED) is 0.593. The Kier molecular flexibility index (Phi) is 5.13. The van der Waals surface area contributed by atoms with Crippen molar-refractivity contribution < 1.29 is 19.0 Å². The summed E-state index contributed by atoms with van der Waals surface area (Å²) in [6, 6.07) is 5.04. The van der Waals surface area contributed by atoms with E-state index in [2.05, 4.69) is 30.5 Å². The summed E-state index contributed by atoms with van der Waals surface area (Å²) >= 11 is 0. The van der Waals surface area contributed by atoms with Crippen molar-refractivity contribution in [1.82, 2.24) is 30.5 Å². The Hall–Kier alpha value is -3.60. The highest BCUT2D eigenvalue weighted by Gasteiger charge is 2.44. The first kappa shape index (κ1) is 21.0. The molecule has 34 heavy (non-hydrogen) atoms. The number of benzene rings is 1. The number of alkyl halides is 1. The standard InChI is InChI=1S/C23H24FN7O3/c1-31(17-9-13-3-5-15(27-13)20(17)24)19-11-25-21(30-29-19)14-4-2-12(8-18(14)32)16-10-26-22-23(28-16)34-7-6-33-22/h2,4,8,10-11,13,15,17,20,27,32H,3,5-7,9H2,1H3/t13-,15+,17-,20+/m0/s1. The van der Waals surface area contributed by atoms with Crippen LogP contribution in [0.15, 0.2) is 30.6 Å². The molecule has 1 aromatic carbocycles. The molecule has 176 valence electrons. The van der Waals surface area contributed by atoms with E-state index in [0.717, 1.165) is 19.3 Å². The molecule has 2 aromatic heterocycles. The molecule has 2 N–H and O–H groups in total. The number of nitrogens with one attached hydrogen (secondary N) is 1. The third-order valence-corrected chi connectivity index (χ3v) is 6.77. The molecule has 11 heteroatoms. The van der Waals surface area contributed by atoms with Crippen molar-refractivity contribution in [3.05, 3.63) is 30.6 Å². The van der Waals surface area contributed by atoms with E-state index in [0.29, 0.717) is 53.7 Å². The molecular formula is C23H24FN7O3. The third kappa shape index (κ3) is 3.65. The Bertz CT molecular complexity index is 1210. The van der Waals surface area contributed by atoms with Gasteiger partial charge in [-0.3, -0.25) is 0 Å². The first-order valence-electron chi connectivity index (χ1n) is 11.4. The van der Waals surface area contributed by atoms with Gasteiger partial charge in [-0.1, -0.05) is 6.07 Å². The number of piperidine rings is 1. The number of hydrogen-bond acceptors (Lipinski definition) is 10. The van der Waals surface area contributed by atoms with E-state index >= 15 is 0 Å². The van der Waals surface area contributed by atoms with Crippen LogP contribution in [0.2, 0.25) is 0 Å². The second kappa shape index (κ2) is 8.32. The molecule has 0 spiro atoms. The van der Waals surface area contributed by atoms with Gasteiger partial charge in [0.2, 0.25) is 0 Å². The normalized spacial score (nSPS) is 25.2. The van der Waals surface area contributed by atoms with Gasteiger partial charge in [-0.15, -0.1) is 10.2 Å². The molecule has 10 nitrogen and oxygen atoms in total. The maximum absolute atomic E-state index is 14.9. The van der Waals surface area contributed by atoms with Gasteiger partial charge in [0.25, 0.3) is 11.8 Å². The minimum absolute atomic E-state index is 0.0177. The molecule has 3 aliphatic rings. The fourth-order valence-electron chi connectivity index (χ4n) is 4.92. The van der Waals surface area contributed by atoms with Crippen molar-refractivity contribution in [1.29, 1.82) is 0 Å². The van der Waals surface area contributed by atoms with E-state index in [1.165, 1.54) is 0 Å². The van der Waals surface area contributed by atoms with Crippen LogP contribution in [0.1, 0.15) is 19.3 Å². The van der Waals surface area contributed by atoms with E-state index < -0.39 is 6.17 Å². The topological polar surface area (TPSA) is 118 Å². The van der Waals surface area contributed by atoms with Crippen molar-refractivity contribution in [3.8, 4) is 40.2 Å². The van der Waals surface area contributed by atoms with E-state index in [4.69, 9.17) is 9.47 Å². The maximum Gasteiger partial charge on any atom is 0.278 e. The van der Waals surface area contributed by atoms with E-state index in [1.807, 2.05) is 11.9 Å². The average Bonchev–Trinajstić information content (AvgIpc) is 3.29. The Morgan fingerprint density at radius 2 is 1.94 bits per heavy atom. The number of fused-ring (bicyclic) bond motifs is 3.